The van der Waals surface area contributed by atoms with Crippen LogP contribution in [0.15, 0.2) is 0 Å². The Morgan fingerprint density at radius 1 is 1.00 bits per heavy atom. The zero-order valence-corrected chi connectivity index (χ0v) is 13.5. The molecular weight excluding hydrogens is 230 g/mol. The van der Waals surface area contributed by atoms with E-state index in [2.05, 4.69) is 26.1 Å². The summed E-state index contributed by atoms with van der Waals surface area (Å²) in [6.07, 6.45) is 13.1. The summed E-state index contributed by atoms with van der Waals surface area (Å²) in [7, 11) is 0. The van der Waals surface area contributed by atoms with Crippen molar-refractivity contribution in [2.45, 2.75) is 84.6 Å². The van der Waals surface area contributed by atoms with Gasteiger partial charge in [-0.25, -0.2) is 0 Å². The zero-order chi connectivity index (χ0) is 13.7. The fraction of sp³-hybridized carbons (Fsp3) is 1.00. The molecule has 0 aliphatic heterocycles. The Morgan fingerprint density at radius 3 is 2.53 bits per heavy atom. The molecule has 1 heteroatoms. The van der Waals surface area contributed by atoms with Crippen LogP contribution in [0.2, 0.25) is 0 Å². The van der Waals surface area contributed by atoms with Crippen LogP contribution in [-0.2, 0) is 0 Å². The normalized spacial score (nSPS) is 36.6. The standard InChI is InChI=1S/C18H35N/c1-14(2)11-16-8-6-10-18(12-16)19-13-17-9-5-4-7-15(17)3/h14-19H,4-13H2,1-3H3. The largest absolute Gasteiger partial charge is 0.314 e. The molecule has 0 saturated heterocycles. The van der Waals surface area contributed by atoms with Crippen molar-refractivity contribution in [2.24, 2.45) is 23.7 Å². The zero-order valence-electron chi connectivity index (χ0n) is 13.5. The quantitative estimate of drug-likeness (QED) is 0.737. The minimum atomic E-state index is 0.826. The molecule has 0 heterocycles. The molecule has 4 unspecified atom stereocenters. The fourth-order valence-corrected chi connectivity index (χ4v) is 4.37. The van der Waals surface area contributed by atoms with Crippen LogP contribution in [0, 0.1) is 23.7 Å². The van der Waals surface area contributed by atoms with Gasteiger partial charge in [-0.05, 0) is 55.9 Å². The summed E-state index contributed by atoms with van der Waals surface area (Å²) < 4.78 is 0. The van der Waals surface area contributed by atoms with Gasteiger partial charge in [-0.1, -0.05) is 52.9 Å². The summed E-state index contributed by atoms with van der Waals surface area (Å²) >= 11 is 0. The van der Waals surface area contributed by atoms with Crippen LogP contribution in [0.25, 0.3) is 0 Å². The predicted octanol–water partition coefficient (Wildman–Crippen LogP) is 5.01. The summed E-state index contributed by atoms with van der Waals surface area (Å²) in [6.45, 7) is 8.51. The molecule has 2 aliphatic carbocycles. The first kappa shape index (κ1) is 15.4. The van der Waals surface area contributed by atoms with E-state index < -0.39 is 0 Å². The van der Waals surface area contributed by atoms with Gasteiger partial charge in [0.05, 0.1) is 0 Å². The van der Waals surface area contributed by atoms with Crippen molar-refractivity contribution < 1.29 is 0 Å². The smallest absolute Gasteiger partial charge is 0.00698 e. The van der Waals surface area contributed by atoms with Crippen LogP contribution in [0.1, 0.15) is 78.6 Å². The van der Waals surface area contributed by atoms with Gasteiger partial charge >= 0.3 is 0 Å². The number of rotatable bonds is 5. The van der Waals surface area contributed by atoms with E-state index >= 15 is 0 Å². The Balaban J connectivity index is 1.70. The van der Waals surface area contributed by atoms with Gasteiger partial charge < -0.3 is 5.32 Å². The van der Waals surface area contributed by atoms with E-state index in [9.17, 15) is 0 Å². The molecule has 0 aromatic rings. The summed E-state index contributed by atoms with van der Waals surface area (Å²) in [4.78, 5) is 0. The third-order valence-electron chi connectivity index (χ3n) is 5.55. The number of hydrogen-bond donors (Lipinski definition) is 1. The monoisotopic (exact) mass is 265 g/mol. The molecular formula is C18H35N. The molecule has 19 heavy (non-hydrogen) atoms. The fourth-order valence-electron chi connectivity index (χ4n) is 4.37. The average Bonchev–Trinajstić information content (AvgIpc) is 2.37. The molecule has 2 fully saturated rings. The molecule has 2 saturated carbocycles. The first-order chi connectivity index (χ1) is 9.15. The van der Waals surface area contributed by atoms with Crippen molar-refractivity contribution in [3.05, 3.63) is 0 Å². The van der Waals surface area contributed by atoms with Gasteiger partial charge in [-0.2, -0.15) is 0 Å². The van der Waals surface area contributed by atoms with Crippen molar-refractivity contribution in [2.75, 3.05) is 6.54 Å². The Kier molecular flexibility index (Phi) is 6.19. The van der Waals surface area contributed by atoms with E-state index in [1.807, 2.05) is 0 Å². The van der Waals surface area contributed by atoms with Gasteiger partial charge in [0.2, 0.25) is 0 Å². The molecule has 0 aromatic carbocycles. The highest BCUT2D eigenvalue weighted by Gasteiger charge is 2.25. The topological polar surface area (TPSA) is 12.0 Å². The summed E-state index contributed by atoms with van der Waals surface area (Å²) in [5.74, 6) is 3.78. The van der Waals surface area contributed by atoms with E-state index in [1.54, 1.807) is 0 Å². The summed E-state index contributed by atoms with van der Waals surface area (Å²) in [5, 5.41) is 3.92. The summed E-state index contributed by atoms with van der Waals surface area (Å²) in [6, 6.07) is 0.826. The lowest BCUT2D eigenvalue weighted by atomic mass is 9.79. The summed E-state index contributed by atoms with van der Waals surface area (Å²) in [5.41, 5.74) is 0. The Labute approximate surface area is 120 Å². The minimum absolute atomic E-state index is 0.826. The van der Waals surface area contributed by atoms with Crippen LogP contribution >= 0.6 is 0 Å². The minimum Gasteiger partial charge on any atom is -0.314 e. The van der Waals surface area contributed by atoms with Crippen molar-refractivity contribution in [1.29, 1.82) is 0 Å². The van der Waals surface area contributed by atoms with Gasteiger partial charge in [0.15, 0.2) is 0 Å². The Bertz CT molecular complexity index is 248. The van der Waals surface area contributed by atoms with Crippen molar-refractivity contribution in [3.63, 3.8) is 0 Å². The maximum absolute atomic E-state index is 3.92. The maximum atomic E-state index is 3.92. The second-order valence-electron chi connectivity index (χ2n) is 7.79. The first-order valence-corrected chi connectivity index (χ1v) is 8.88. The second kappa shape index (κ2) is 7.67. The number of hydrogen-bond acceptors (Lipinski definition) is 1. The first-order valence-electron chi connectivity index (χ1n) is 8.88. The second-order valence-corrected chi connectivity index (χ2v) is 7.79. The molecule has 0 spiro atoms. The van der Waals surface area contributed by atoms with Crippen LogP contribution in [0.3, 0.4) is 0 Å². The van der Waals surface area contributed by atoms with Gasteiger partial charge in [0.25, 0.3) is 0 Å². The van der Waals surface area contributed by atoms with Gasteiger partial charge in [-0.3, -0.25) is 0 Å². The lowest BCUT2D eigenvalue weighted by Gasteiger charge is -2.34. The number of nitrogens with one attached hydrogen (secondary N) is 1. The van der Waals surface area contributed by atoms with E-state index in [-0.39, 0.29) is 0 Å². The van der Waals surface area contributed by atoms with Crippen LogP contribution < -0.4 is 5.32 Å². The van der Waals surface area contributed by atoms with Crippen molar-refractivity contribution >= 4 is 0 Å². The highest BCUT2D eigenvalue weighted by atomic mass is 14.9. The van der Waals surface area contributed by atoms with Crippen LogP contribution in [0.5, 0.6) is 0 Å². The lowest BCUT2D eigenvalue weighted by Crippen LogP contribution is -2.39. The molecule has 0 radical (unpaired) electrons. The van der Waals surface area contributed by atoms with E-state index in [4.69, 9.17) is 0 Å². The van der Waals surface area contributed by atoms with E-state index in [1.165, 1.54) is 64.3 Å². The van der Waals surface area contributed by atoms with Crippen molar-refractivity contribution in [1.82, 2.24) is 5.32 Å². The highest BCUT2D eigenvalue weighted by Crippen LogP contribution is 2.31. The van der Waals surface area contributed by atoms with Crippen LogP contribution in [-0.4, -0.2) is 12.6 Å². The maximum Gasteiger partial charge on any atom is 0.00698 e. The molecule has 1 nitrogen and oxygen atoms in total. The molecule has 0 bridgehead atoms. The molecule has 1 N–H and O–H groups in total. The van der Waals surface area contributed by atoms with Gasteiger partial charge in [-0.15, -0.1) is 0 Å². The lowest BCUT2D eigenvalue weighted by molar-refractivity contribution is 0.209. The van der Waals surface area contributed by atoms with Gasteiger partial charge in [0.1, 0.15) is 0 Å². The Morgan fingerprint density at radius 2 is 1.79 bits per heavy atom. The molecule has 2 rings (SSSR count). The Hall–Kier alpha value is -0.0400. The van der Waals surface area contributed by atoms with Crippen LogP contribution in [0.4, 0.5) is 0 Å². The van der Waals surface area contributed by atoms with Crippen molar-refractivity contribution in [3.8, 4) is 0 Å². The molecule has 2 aliphatic rings. The third kappa shape index (κ3) is 5.10. The molecule has 0 amide bonds. The molecule has 112 valence electrons. The van der Waals surface area contributed by atoms with Gasteiger partial charge in [0, 0.05) is 6.04 Å². The average molecular weight is 265 g/mol. The highest BCUT2D eigenvalue weighted by molar-refractivity contribution is 4.81. The molecule has 4 atom stereocenters. The SMILES string of the molecule is CC(C)CC1CCCC(NCC2CCCCC2C)C1. The van der Waals surface area contributed by atoms with E-state index in [0.717, 1.165) is 29.7 Å². The molecule has 0 aromatic heterocycles. The van der Waals surface area contributed by atoms with E-state index in [0.29, 0.717) is 0 Å². The third-order valence-corrected chi connectivity index (χ3v) is 5.55. The predicted molar refractivity (Wildman–Crippen MR) is 84.3 cm³/mol.